The number of aryl methyl sites for hydroxylation is 1. The molecule has 0 heterocycles. The Morgan fingerprint density at radius 2 is 2.09 bits per heavy atom. The Balaban J connectivity index is 2.18. The second-order valence-electron chi connectivity index (χ2n) is 4.99. The van der Waals surface area contributed by atoms with Gasteiger partial charge in [0.25, 0.3) is 0 Å². The molecule has 0 radical (unpaired) electrons. The van der Waals surface area contributed by atoms with Crippen LogP contribution in [-0.4, -0.2) is 27.9 Å². The van der Waals surface area contributed by atoms with Crippen LogP contribution >= 0.6 is 11.6 Å². The fraction of sp³-hybridized carbons (Fsp3) is 0.188. The first-order valence-corrected chi connectivity index (χ1v) is 7.18. The molecule has 2 rings (SSSR count). The van der Waals surface area contributed by atoms with Gasteiger partial charge in [0.15, 0.2) is 0 Å². The van der Waals surface area contributed by atoms with Gasteiger partial charge in [0.1, 0.15) is 0 Å². The van der Waals surface area contributed by atoms with Crippen molar-refractivity contribution in [3.05, 3.63) is 68.2 Å². The van der Waals surface area contributed by atoms with Crippen molar-refractivity contribution < 1.29 is 15.1 Å². The smallest absolute Gasteiger partial charge is 0.312 e. The van der Waals surface area contributed by atoms with E-state index in [2.05, 4.69) is 4.99 Å². The third-order valence-corrected chi connectivity index (χ3v) is 3.56. The second-order valence-corrected chi connectivity index (χ2v) is 5.42. The molecule has 0 spiro atoms. The molecule has 23 heavy (non-hydrogen) atoms. The lowest BCUT2D eigenvalue weighted by Crippen LogP contribution is -2.04. The zero-order chi connectivity index (χ0) is 17.0. The third kappa shape index (κ3) is 4.06. The number of hydrogen-bond acceptors (Lipinski definition) is 5. The molecule has 120 valence electrons. The summed E-state index contributed by atoms with van der Waals surface area (Å²) in [6, 6.07) is 9.81. The molecule has 0 aliphatic heterocycles. The molecule has 6 nitrogen and oxygen atoms in total. The molecule has 1 unspecified atom stereocenters. The highest BCUT2D eigenvalue weighted by atomic mass is 35.5. The number of phenolic OH excluding ortho intramolecular Hbond substituents is 1. The summed E-state index contributed by atoms with van der Waals surface area (Å²) in [5.41, 5.74) is 1.34. The Hall–Kier alpha value is -2.44. The standard InChI is InChI=1S/C16H15ClN2O4/c1-10-4-2-3-5-13(10)15(20)9-18-8-11-6-12(17)7-14(16(11)21)19(22)23/h2-8,15,20-21H,9H2,1H3. The van der Waals surface area contributed by atoms with Gasteiger partial charge in [0.2, 0.25) is 5.75 Å². The molecule has 0 aliphatic carbocycles. The van der Waals surface area contributed by atoms with E-state index in [-0.39, 0.29) is 17.1 Å². The van der Waals surface area contributed by atoms with E-state index in [1.54, 1.807) is 6.07 Å². The molecule has 0 bridgehead atoms. The highest BCUT2D eigenvalue weighted by Crippen LogP contribution is 2.32. The summed E-state index contributed by atoms with van der Waals surface area (Å²) in [5, 5.41) is 30.9. The van der Waals surface area contributed by atoms with Crippen molar-refractivity contribution in [2.45, 2.75) is 13.0 Å². The molecule has 0 aromatic heterocycles. The maximum absolute atomic E-state index is 10.8. The summed E-state index contributed by atoms with van der Waals surface area (Å²) in [7, 11) is 0. The largest absolute Gasteiger partial charge is 0.502 e. The Morgan fingerprint density at radius 3 is 2.74 bits per heavy atom. The van der Waals surface area contributed by atoms with Crippen LogP contribution in [-0.2, 0) is 0 Å². The van der Waals surface area contributed by atoms with Crippen LogP contribution < -0.4 is 0 Å². The van der Waals surface area contributed by atoms with Gasteiger partial charge in [-0.2, -0.15) is 0 Å². The Kier molecular flexibility index (Phi) is 5.31. The number of aliphatic imine (C=N–C) groups is 1. The Morgan fingerprint density at radius 1 is 1.39 bits per heavy atom. The number of benzene rings is 2. The summed E-state index contributed by atoms with van der Waals surface area (Å²) in [4.78, 5) is 14.2. The summed E-state index contributed by atoms with van der Waals surface area (Å²) >= 11 is 5.80. The Bertz CT molecular complexity index is 762. The predicted molar refractivity (Wildman–Crippen MR) is 88.4 cm³/mol. The van der Waals surface area contributed by atoms with Crippen LogP contribution in [0.3, 0.4) is 0 Å². The van der Waals surface area contributed by atoms with Crippen LogP contribution in [0.25, 0.3) is 0 Å². The summed E-state index contributed by atoms with van der Waals surface area (Å²) in [6.07, 6.45) is 0.458. The van der Waals surface area contributed by atoms with Gasteiger partial charge in [-0.1, -0.05) is 35.9 Å². The molecular weight excluding hydrogens is 320 g/mol. The van der Waals surface area contributed by atoms with Crippen molar-refractivity contribution in [1.29, 1.82) is 0 Å². The highest BCUT2D eigenvalue weighted by molar-refractivity contribution is 6.31. The van der Waals surface area contributed by atoms with Gasteiger partial charge in [-0.15, -0.1) is 0 Å². The zero-order valence-corrected chi connectivity index (χ0v) is 13.1. The lowest BCUT2D eigenvalue weighted by atomic mass is 10.0. The number of nitrogens with zero attached hydrogens (tertiary/aromatic N) is 2. The number of nitro benzene ring substituents is 1. The number of aromatic hydroxyl groups is 1. The highest BCUT2D eigenvalue weighted by Gasteiger charge is 2.17. The first-order chi connectivity index (χ1) is 10.9. The van der Waals surface area contributed by atoms with E-state index in [9.17, 15) is 20.3 Å². The van der Waals surface area contributed by atoms with Crippen LogP contribution in [0.1, 0.15) is 22.8 Å². The van der Waals surface area contributed by atoms with Crippen LogP contribution in [0, 0.1) is 17.0 Å². The first kappa shape index (κ1) is 16.9. The minimum absolute atomic E-state index is 0.0601. The predicted octanol–water partition coefficient (Wildman–Crippen LogP) is 3.41. The minimum atomic E-state index is -0.802. The number of hydrogen-bond donors (Lipinski definition) is 2. The van der Waals surface area contributed by atoms with Gasteiger partial charge in [0.05, 0.1) is 17.6 Å². The van der Waals surface area contributed by atoms with Gasteiger partial charge in [-0.25, -0.2) is 0 Å². The maximum atomic E-state index is 10.8. The maximum Gasteiger partial charge on any atom is 0.312 e. The molecule has 2 aromatic carbocycles. The van der Waals surface area contributed by atoms with Crippen LogP contribution in [0.5, 0.6) is 5.75 Å². The normalized spacial score (nSPS) is 12.5. The average Bonchev–Trinajstić information content (AvgIpc) is 2.50. The van der Waals surface area contributed by atoms with E-state index in [0.717, 1.165) is 17.2 Å². The molecule has 0 saturated heterocycles. The molecule has 1 atom stereocenters. The topological polar surface area (TPSA) is 96.0 Å². The average molecular weight is 335 g/mol. The molecule has 2 N–H and O–H groups in total. The van der Waals surface area contributed by atoms with Crippen molar-refractivity contribution in [2.75, 3.05) is 6.54 Å². The van der Waals surface area contributed by atoms with Gasteiger partial charge < -0.3 is 10.2 Å². The summed E-state index contributed by atoms with van der Waals surface area (Å²) in [6.45, 7) is 1.94. The molecule has 0 aliphatic rings. The monoisotopic (exact) mass is 334 g/mol. The van der Waals surface area contributed by atoms with Crippen molar-refractivity contribution in [1.82, 2.24) is 0 Å². The first-order valence-electron chi connectivity index (χ1n) is 6.80. The van der Waals surface area contributed by atoms with Gasteiger partial charge >= 0.3 is 5.69 Å². The van der Waals surface area contributed by atoms with Crippen molar-refractivity contribution >= 4 is 23.5 Å². The lowest BCUT2D eigenvalue weighted by molar-refractivity contribution is -0.385. The molecule has 0 amide bonds. The number of nitro groups is 1. The Labute approximate surface area is 137 Å². The third-order valence-electron chi connectivity index (χ3n) is 3.34. The number of halogens is 1. The van der Waals surface area contributed by atoms with Crippen molar-refractivity contribution in [2.24, 2.45) is 4.99 Å². The van der Waals surface area contributed by atoms with E-state index in [1.165, 1.54) is 12.3 Å². The van der Waals surface area contributed by atoms with Crippen LogP contribution in [0.4, 0.5) is 5.69 Å². The van der Waals surface area contributed by atoms with E-state index in [4.69, 9.17) is 11.6 Å². The number of phenols is 1. The number of aliphatic hydroxyl groups is 1. The van der Waals surface area contributed by atoms with Gasteiger partial charge in [-0.3, -0.25) is 15.1 Å². The van der Waals surface area contributed by atoms with Crippen LogP contribution in [0.15, 0.2) is 41.4 Å². The summed E-state index contributed by atoms with van der Waals surface area (Å²) < 4.78 is 0. The summed E-state index contributed by atoms with van der Waals surface area (Å²) in [5.74, 6) is -0.506. The molecule has 0 fully saturated rings. The van der Waals surface area contributed by atoms with Crippen molar-refractivity contribution in [3.8, 4) is 5.75 Å². The quantitative estimate of drug-likeness (QED) is 0.497. The molecular formula is C16H15ClN2O4. The second kappa shape index (κ2) is 7.21. The molecule has 0 saturated carbocycles. The van der Waals surface area contributed by atoms with Crippen LogP contribution in [0.2, 0.25) is 5.02 Å². The fourth-order valence-corrected chi connectivity index (χ4v) is 2.37. The fourth-order valence-electron chi connectivity index (χ4n) is 2.15. The van der Waals surface area contributed by atoms with E-state index >= 15 is 0 Å². The van der Waals surface area contributed by atoms with E-state index < -0.39 is 22.5 Å². The van der Waals surface area contributed by atoms with E-state index in [0.29, 0.717) is 0 Å². The number of rotatable bonds is 5. The lowest BCUT2D eigenvalue weighted by Gasteiger charge is -2.11. The van der Waals surface area contributed by atoms with Gasteiger partial charge in [-0.05, 0) is 24.1 Å². The molecule has 2 aromatic rings. The zero-order valence-electron chi connectivity index (χ0n) is 12.3. The van der Waals surface area contributed by atoms with Gasteiger partial charge in [0, 0.05) is 22.9 Å². The SMILES string of the molecule is Cc1ccccc1C(O)CN=Cc1cc(Cl)cc([N+](=O)[O-])c1O. The number of aliphatic hydroxyl groups excluding tert-OH is 1. The van der Waals surface area contributed by atoms with Crippen molar-refractivity contribution in [3.63, 3.8) is 0 Å². The minimum Gasteiger partial charge on any atom is -0.502 e. The van der Waals surface area contributed by atoms with E-state index in [1.807, 2.05) is 25.1 Å². The molecule has 7 heteroatoms.